The Morgan fingerprint density at radius 1 is 1.59 bits per heavy atom. The summed E-state index contributed by atoms with van der Waals surface area (Å²) in [4.78, 5) is 24.5. The molecule has 0 aromatic carbocycles. The second-order valence-electron chi connectivity index (χ2n) is 4.84. The highest BCUT2D eigenvalue weighted by Crippen LogP contribution is 2.29. The fourth-order valence-electron chi connectivity index (χ4n) is 1.90. The molecule has 1 aliphatic heterocycles. The first-order valence-corrected chi connectivity index (χ1v) is 7.06. The van der Waals surface area contributed by atoms with E-state index in [9.17, 15) is 9.59 Å². The lowest BCUT2D eigenvalue weighted by Crippen LogP contribution is -2.45. The van der Waals surface area contributed by atoms with E-state index in [-0.39, 0.29) is 12.1 Å². The molecule has 1 aliphatic rings. The molecule has 1 heterocycles. The third-order valence-electron chi connectivity index (χ3n) is 3.06. The molecule has 0 aromatic rings. The van der Waals surface area contributed by atoms with Crippen LogP contribution < -0.4 is 5.32 Å². The molecule has 0 spiro atoms. The molecule has 0 aliphatic carbocycles. The number of thioether (sulfide) groups is 1. The number of hydrogen-bond donors (Lipinski definition) is 2. The van der Waals surface area contributed by atoms with Gasteiger partial charge in [0.05, 0.1) is 5.41 Å². The topological polar surface area (TPSA) is 69.6 Å². The van der Waals surface area contributed by atoms with E-state index in [0.29, 0.717) is 19.5 Å². The summed E-state index contributed by atoms with van der Waals surface area (Å²) in [6.07, 6.45) is 2.51. The van der Waals surface area contributed by atoms with E-state index < -0.39 is 11.4 Å². The van der Waals surface area contributed by atoms with Crippen LogP contribution in [0.5, 0.6) is 0 Å². The number of carboxylic acid groups (broad SMARTS) is 1. The van der Waals surface area contributed by atoms with Crippen LogP contribution in [0.1, 0.15) is 20.3 Å². The number of likely N-dealkylation sites (tertiary alicyclic amines) is 1. The van der Waals surface area contributed by atoms with Crippen LogP contribution in [-0.2, 0) is 4.79 Å². The van der Waals surface area contributed by atoms with E-state index in [1.54, 1.807) is 23.6 Å². The van der Waals surface area contributed by atoms with Crippen LogP contribution in [0.2, 0.25) is 0 Å². The van der Waals surface area contributed by atoms with Gasteiger partial charge in [0.2, 0.25) is 0 Å². The van der Waals surface area contributed by atoms with Crippen molar-refractivity contribution in [2.24, 2.45) is 5.41 Å². The molecule has 0 radical (unpaired) electrons. The third kappa shape index (κ3) is 3.52. The number of carbonyl (C=O) groups excluding carboxylic acids is 1. The summed E-state index contributed by atoms with van der Waals surface area (Å²) in [6.45, 7) is 4.44. The van der Waals surface area contributed by atoms with Crippen molar-refractivity contribution in [3.05, 3.63) is 0 Å². The Labute approximate surface area is 106 Å². The van der Waals surface area contributed by atoms with E-state index >= 15 is 0 Å². The van der Waals surface area contributed by atoms with Crippen LogP contribution in [0.25, 0.3) is 0 Å². The molecular formula is C11H20N2O3S. The van der Waals surface area contributed by atoms with Crippen molar-refractivity contribution in [3.63, 3.8) is 0 Å². The third-order valence-corrected chi connectivity index (χ3v) is 3.90. The van der Waals surface area contributed by atoms with Crippen LogP contribution in [0.15, 0.2) is 0 Å². The Morgan fingerprint density at radius 3 is 2.71 bits per heavy atom. The molecule has 6 heteroatoms. The van der Waals surface area contributed by atoms with E-state index in [1.807, 2.05) is 13.2 Å². The number of carbonyl (C=O) groups is 2. The standard InChI is InChI=1S/C11H20N2O3S/c1-8(6-17-3)12-10(16)13-5-4-11(2,7-13)9(14)15/h8H,4-7H2,1-3H3,(H,12,16)(H,14,15). The molecule has 0 bridgehead atoms. The van der Waals surface area contributed by atoms with Gasteiger partial charge in [-0.1, -0.05) is 0 Å². The SMILES string of the molecule is CSCC(C)NC(=O)N1CCC(C)(C(=O)O)C1. The molecule has 1 rings (SSSR count). The summed E-state index contributed by atoms with van der Waals surface area (Å²) >= 11 is 1.67. The van der Waals surface area contributed by atoms with Gasteiger partial charge in [-0.2, -0.15) is 11.8 Å². The van der Waals surface area contributed by atoms with E-state index in [1.165, 1.54) is 0 Å². The zero-order valence-corrected chi connectivity index (χ0v) is 11.3. The van der Waals surface area contributed by atoms with Crippen molar-refractivity contribution < 1.29 is 14.7 Å². The number of rotatable bonds is 4. The number of aliphatic carboxylic acids is 1. The Morgan fingerprint density at radius 2 is 2.24 bits per heavy atom. The highest BCUT2D eigenvalue weighted by atomic mass is 32.2. The first-order chi connectivity index (χ1) is 7.89. The molecule has 0 aromatic heterocycles. The van der Waals surface area contributed by atoms with Crippen LogP contribution in [0.3, 0.4) is 0 Å². The molecule has 2 amide bonds. The van der Waals surface area contributed by atoms with E-state index in [0.717, 1.165) is 5.75 Å². The van der Waals surface area contributed by atoms with Crippen molar-refractivity contribution >= 4 is 23.8 Å². The number of carboxylic acids is 1. The normalized spacial score (nSPS) is 25.7. The van der Waals surface area contributed by atoms with Gasteiger partial charge in [-0.3, -0.25) is 4.79 Å². The summed E-state index contributed by atoms with van der Waals surface area (Å²) in [6, 6.07) is -0.0503. The van der Waals surface area contributed by atoms with Gasteiger partial charge in [0.25, 0.3) is 0 Å². The smallest absolute Gasteiger partial charge is 0.317 e. The van der Waals surface area contributed by atoms with Crippen molar-refractivity contribution in [2.45, 2.75) is 26.3 Å². The monoisotopic (exact) mass is 260 g/mol. The Balaban J connectivity index is 2.48. The molecule has 2 atom stereocenters. The quantitative estimate of drug-likeness (QED) is 0.798. The largest absolute Gasteiger partial charge is 0.481 e. The molecule has 17 heavy (non-hydrogen) atoms. The fourth-order valence-corrected chi connectivity index (χ4v) is 2.49. The summed E-state index contributed by atoms with van der Waals surface area (Å²) in [7, 11) is 0. The average molecular weight is 260 g/mol. The van der Waals surface area contributed by atoms with Gasteiger partial charge in [0.1, 0.15) is 0 Å². The van der Waals surface area contributed by atoms with Gasteiger partial charge >= 0.3 is 12.0 Å². The lowest BCUT2D eigenvalue weighted by atomic mass is 9.90. The van der Waals surface area contributed by atoms with Crippen molar-refractivity contribution in [1.82, 2.24) is 10.2 Å². The van der Waals surface area contributed by atoms with Crippen LogP contribution >= 0.6 is 11.8 Å². The second-order valence-corrected chi connectivity index (χ2v) is 5.75. The molecule has 0 saturated carbocycles. The molecule has 1 saturated heterocycles. The predicted octanol–water partition coefficient (Wildman–Crippen LogP) is 1.24. The second kappa shape index (κ2) is 5.62. The summed E-state index contributed by atoms with van der Waals surface area (Å²) in [5, 5.41) is 11.9. The summed E-state index contributed by atoms with van der Waals surface area (Å²) in [5.41, 5.74) is -0.792. The minimum atomic E-state index is -0.829. The van der Waals surface area contributed by atoms with Crippen molar-refractivity contribution in [1.29, 1.82) is 0 Å². The average Bonchev–Trinajstić information content (AvgIpc) is 2.62. The van der Waals surface area contributed by atoms with Crippen LogP contribution in [0.4, 0.5) is 4.79 Å². The van der Waals surface area contributed by atoms with Gasteiger partial charge in [0, 0.05) is 24.9 Å². The van der Waals surface area contributed by atoms with Gasteiger partial charge in [-0.05, 0) is 26.5 Å². The number of amides is 2. The maximum atomic E-state index is 11.9. The molecule has 98 valence electrons. The van der Waals surface area contributed by atoms with Gasteiger partial charge in [0.15, 0.2) is 0 Å². The fraction of sp³-hybridized carbons (Fsp3) is 0.818. The molecule has 2 N–H and O–H groups in total. The number of nitrogens with one attached hydrogen (secondary N) is 1. The van der Waals surface area contributed by atoms with Crippen molar-refractivity contribution in [2.75, 3.05) is 25.1 Å². The van der Waals surface area contributed by atoms with Crippen LogP contribution in [0, 0.1) is 5.41 Å². The predicted molar refractivity (Wildman–Crippen MR) is 68.3 cm³/mol. The van der Waals surface area contributed by atoms with Gasteiger partial charge in [-0.15, -0.1) is 0 Å². The lowest BCUT2D eigenvalue weighted by molar-refractivity contribution is -0.146. The molecular weight excluding hydrogens is 240 g/mol. The number of urea groups is 1. The Kier molecular flexibility index (Phi) is 4.68. The highest BCUT2D eigenvalue weighted by Gasteiger charge is 2.42. The zero-order valence-electron chi connectivity index (χ0n) is 10.5. The Bertz CT molecular complexity index is 311. The molecule has 5 nitrogen and oxygen atoms in total. The minimum absolute atomic E-state index is 0.106. The minimum Gasteiger partial charge on any atom is -0.481 e. The van der Waals surface area contributed by atoms with Gasteiger partial charge in [-0.25, -0.2) is 4.79 Å². The molecule has 2 unspecified atom stereocenters. The maximum absolute atomic E-state index is 11.9. The summed E-state index contributed by atoms with van der Waals surface area (Å²) in [5.74, 6) is 0.0282. The van der Waals surface area contributed by atoms with Gasteiger partial charge < -0.3 is 15.3 Å². The maximum Gasteiger partial charge on any atom is 0.317 e. The highest BCUT2D eigenvalue weighted by molar-refractivity contribution is 7.98. The van der Waals surface area contributed by atoms with Crippen molar-refractivity contribution in [3.8, 4) is 0 Å². The lowest BCUT2D eigenvalue weighted by Gasteiger charge is -2.22. The first-order valence-electron chi connectivity index (χ1n) is 5.67. The van der Waals surface area contributed by atoms with E-state index in [2.05, 4.69) is 5.32 Å². The van der Waals surface area contributed by atoms with E-state index in [4.69, 9.17) is 5.11 Å². The number of hydrogen-bond acceptors (Lipinski definition) is 3. The summed E-state index contributed by atoms with van der Waals surface area (Å²) < 4.78 is 0. The number of nitrogens with zero attached hydrogens (tertiary/aromatic N) is 1. The molecule has 1 fully saturated rings. The Hall–Kier alpha value is -0.910. The van der Waals surface area contributed by atoms with Crippen LogP contribution in [-0.4, -0.2) is 53.1 Å². The first kappa shape index (κ1) is 14.2. The zero-order chi connectivity index (χ0) is 13.1.